The van der Waals surface area contributed by atoms with Gasteiger partial charge in [-0.3, -0.25) is 9.59 Å². The molecule has 156 valence electrons. The molecular weight excluding hydrogens is 354 g/mol. The van der Waals surface area contributed by atoms with Crippen LogP contribution in [0.5, 0.6) is 0 Å². The normalized spacial score (nSPS) is 42.8. The maximum Gasteiger partial charge on any atom is 0.315 e. The van der Waals surface area contributed by atoms with Crippen molar-refractivity contribution in [2.45, 2.75) is 65.4 Å². The number of likely N-dealkylation sites (tertiary alicyclic amines) is 1. The van der Waals surface area contributed by atoms with Crippen LogP contribution in [0, 0.1) is 29.1 Å². The standard InChI is InChI=1S/C23H35NO4/c1-4-27-21(25)16-8-6-10-24(13-16)14-18-17-11-19-15(2)7-5-9-23(19,3)12-20(17)28-22(18)26/h11,15-18,20H,4-10,12-14H2,1-3H3/p+1/t15-,16+,17-,18+,20+,23+/m1/s1. The van der Waals surface area contributed by atoms with Gasteiger partial charge < -0.3 is 14.4 Å². The molecule has 2 aliphatic carbocycles. The smallest absolute Gasteiger partial charge is 0.315 e. The minimum atomic E-state index is -0.0712. The quantitative estimate of drug-likeness (QED) is 0.590. The molecule has 0 amide bonds. The molecule has 4 aliphatic rings. The van der Waals surface area contributed by atoms with E-state index in [0.29, 0.717) is 12.5 Å². The summed E-state index contributed by atoms with van der Waals surface area (Å²) in [4.78, 5) is 26.3. The van der Waals surface area contributed by atoms with Gasteiger partial charge in [0.1, 0.15) is 17.9 Å². The minimum Gasteiger partial charge on any atom is -0.466 e. The van der Waals surface area contributed by atoms with Gasteiger partial charge in [-0.25, -0.2) is 0 Å². The molecule has 0 aromatic heterocycles. The van der Waals surface area contributed by atoms with Gasteiger partial charge in [-0.05, 0) is 50.4 Å². The molecule has 1 N–H and O–H groups in total. The van der Waals surface area contributed by atoms with Crippen LogP contribution in [-0.4, -0.2) is 44.3 Å². The lowest BCUT2D eigenvalue weighted by Gasteiger charge is -2.46. The Morgan fingerprint density at radius 3 is 2.96 bits per heavy atom. The Labute approximate surface area is 168 Å². The second kappa shape index (κ2) is 7.81. The molecule has 0 aromatic rings. The fraction of sp³-hybridized carbons (Fsp3) is 0.826. The van der Waals surface area contributed by atoms with Gasteiger partial charge in [0.2, 0.25) is 0 Å². The summed E-state index contributed by atoms with van der Waals surface area (Å²) in [6.07, 6.45) is 9.13. The van der Waals surface area contributed by atoms with Crippen molar-refractivity contribution in [2.75, 3.05) is 26.2 Å². The highest BCUT2D eigenvalue weighted by Gasteiger charge is 2.53. The third-order valence-electron chi connectivity index (χ3n) is 7.83. The molecule has 3 fully saturated rings. The minimum absolute atomic E-state index is 0.0208. The van der Waals surface area contributed by atoms with Crippen LogP contribution in [-0.2, 0) is 19.1 Å². The highest BCUT2D eigenvalue weighted by Crippen LogP contribution is 2.53. The molecule has 2 heterocycles. The van der Waals surface area contributed by atoms with Crippen LogP contribution in [0.4, 0.5) is 0 Å². The van der Waals surface area contributed by atoms with E-state index >= 15 is 0 Å². The van der Waals surface area contributed by atoms with Crippen LogP contribution >= 0.6 is 0 Å². The molecule has 0 radical (unpaired) electrons. The Morgan fingerprint density at radius 2 is 2.18 bits per heavy atom. The first kappa shape index (κ1) is 19.9. The maximum atomic E-state index is 12.8. The molecule has 1 saturated carbocycles. The number of piperidine rings is 1. The topological polar surface area (TPSA) is 57.0 Å². The first-order chi connectivity index (χ1) is 13.4. The van der Waals surface area contributed by atoms with Gasteiger partial charge in [0.05, 0.1) is 26.2 Å². The second-order valence-electron chi connectivity index (χ2n) is 9.84. The molecule has 5 nitrogen and oxygen atoms in total. The highest BCUT2D eigenvalue weighted by atomic mass is 16.6. The zero-order valence-electron chi connectivity index (χ0n) is 17.7. The number of hydrogen-bond acceptors (Lipinski definition) is 4. The first-order valence-electron chi connectivity index (χ1n) is 11.3. The Balaban J connectivity index is 1.48. The second-order valence-corrected chi connectivity index (χ2v) is 9.84. The van der Waals surface area contributed by atoms with E-state index in [1.54, 1.807) is 5.57 Å². The molecule has 2 saturated heterocycles. The van der Waals surface area contributed by atoms with Gasteiger partial charge >= 0.3 is 11.9 Å². The molecule has 28 heavy (non-hydrogen) atoms. The predicted molar refractivity (Wildman–Crippen MR) is 106 cm³/mol. The summed E-state index contributed by atoms with van der Waals surface area (Å²) in [5.74, 6) is 0.652. The third-order valence-corrected chi connectivity index (χ3v) is 7.83. The summed E-state index contributed by atoms with van der Waals surface area (Å²) < 4.78 is 11.1. The van der Waals surface area contributed by atoms with Crippen molar-refractivity contribution in [1.29, 1.82) is 0 Å². The number of carbonyl (C=O) groups is 2. The van der Waals surface area contributed by atoms with E-state index in [2.05, 4.69) is 19.9 Å². The summed E-state index contributed by atoms with van der Waals surface area (Å²) in [6, 6.07) is 0. The van der Waals surface area contributed by atoms with Crippen LogP contribution in [0.3, 0.4) is 0 Å². The van der Waals surface area contributed by atoms with Gasteiger partial charge in [0.25, 0.3) is 0 Å². The van der Waals surface area contributed by atoms with E-state index in [1.165, 1.54) is 24.2 Å². The summed E-state index contributed by atoms with van der Waals surface area (Å²) >= 11 is 0. The van der Waals surface area contributed by atoms with Crippen LogP contribution in [0.25, 0.3) is 0 Å². The van der Waals surface area contributed by atoms with E-state index in [9.17, 15) is 9.59 Å². The number of carbonyl (C=O) groups excluding carboxylic acids is 2. The average Bonchev–Trinajstić information content (AvgIpc) is 2.94. The fourth-order valence-corrected chi connectivity index (χ4v) is 6.39. The molecule has 0 spiro atoms. The summed E-state index contributed by atoms with van der Waals surface area (Å²) in [5.41, 5.74) is 1.78. The van der Waals surface area contributed by atoms with E-state index < -0.39 is 0 Å². The largest absolute Gasteiger partial charge is 0.466 e. The van der Waals surface area contributed by atoms with Gasteiger partial charge in [0.15, 0.2) is 0 Å². The van der Waals surface area contributed by atoms with Crippen LogP contribution in [0.15, 0.2) is 11.6 Å². The van der Waals surface area contributed by atoms with Crippen molar-refractivity contribution in [3.05, 3.63) is 11.6 Å². The fourth-order valence-electron chi connectivity index (χ4n) is 6.39. The van der Waals surface area contributed by atoms with E-state index in [-0.39, 0.29) is 41.2 Å². The van der Waals surface area contributed by atoms with Crippen molar-refractivity contribution >= 4 is 11.9 Å². The Kier molecular flexibility index (Phi) is 5.56. The molecule has 4 rings (SSSR count). The SMILES string of the molecule is CCOC(=O)[C@H]1CCC[NH+](C[C@@H]2C(=O)O[C@H]3C[C@]4(C)CCC[C@@H](C)C4=C[C@@H]32)C1. The van der Waals surface area contributed by atoms with Crippen molar-refractivity contribution in [1.82, 2.24) is 0 Å². The molecule has 0 aromatic carbocycles. The van der Waals surface area contributed by atoms with Gasteiger partial charge in [-0.2, -0.15) is 0 Å². The summed E-state index contributed by atoms with van der Waals surface area (Å²) in [7, 11) is 0. The lowest BCUT2D eigenvalue weighted by atomic mass is 9.59. The number of rotatable bonds is 4. The van der Waals surface area contributed by atoms with Crippen molar-refractivity contribution in [3.63, 3.8) is 0 Å². The molecule has 2 aliphatic heterocycles. The first-order valence-corrected chi connectivity index (χ1v) is 11.3. The molecule has 7 atom stereocenters. The van der Waals surface area contributed by atoms with Crippen molar-refractivity contribution in [2.24, 2.45) is 29.1 Å². The summed E-state index contributed by atoms with van der Waals surface area (Å²) in [5, 5.41) is 0. The number of nitrogens with one attached hydrogen (secondary N) is 1. The number of quaternary nitrogens is 1. The number of hydrogen-bond donors (Lipinski definition) is 1. The van der Waals surface area contributed by atoms with Crippen LogP contribution < -0.4 is 4.90 Å². The maximum absolute atomic E-state index is 12.8. The Morgan fingerprint density at radius 1 is 1.36 bits per heavy atom. The Hall–Kier alpha value is -1.36. The number of fused-ring (bicyclic) bond motifs is 2. The zero-order valence-corrected chi connectivity index (χ0v) is 17.7. The Bertz CT molecular complexity index is 659. The van der Waals surface area contributed by atoms with E-state index in [0.717, 1.165) is 38.9 Å². The number of esters is 2. The summed E-state index contributed by atoms with van der Waals surface area (Å²) in [6.45, 7) is 9.60. The molecular formula is C23H36NO4+. The van der Waals surface area contributed by atoms with E-state index in [4.69, 9.17) is 9.47 Å². The highest BCUT2D eigenvalue weighted by molar-refractivity contribution is 5.76. The van der Waals surface area contributed by atoms with Gasteiger partial charge in [0, 0.05) is 5.92 Å². The van der Waals surface area contributed by atoms with E-state index in [1.807, 2.05) is 6.92 Å². The lowest BCUT2D eigenvalue weighted by Crippen LogP contribution is -3.14. The predicted octanol–water partition coefficient (Wildman–Crippen LogP) is 2.16. The number of ether oxygens (including phenoxy) is 2. The van der Waals surface area contributed by atoms with Gasteiger partial charge in [-0.1, -0.05) is 31.9 Å². The third kappa shape index (κ3) is 3.62. The number of allylic oxidation sites excluding steroid dienone is 1. The average molecular weight is 391 g/mol. The molecule has 5 heteroatoms. The molecule has 0 bridgehead atoms. The van der Waals surface area contributed by atoms with Crippen molar-refractivity contribution < 1.29 is 24.0 Å². The zero-order chi connectivity index (χ0) is 19.9. The lowest BCUT2D eigenvalue weighted by molar-refractivity contribution is -0.910. The van der Waals surface area contributed by atoms with Gasteiger partial charge in [-0.15, -0.1) is 0 Å². The molecule has 1 unspecified atom stereocenters. The monoisotopic (exact) mass is 390 g/mol. The van der Waals surface area contributed by atoms with Crippen molar-refractivity contribution in [3.8, 4) is 0 Å². The van der Waals surface area contributed by atoms with Crippen LogP contribution in [0.2, 0.25) is 0 Å². The van der Waals surface area contributed by atoms with Crippen LogP contribution in [0.1, 0.15) is 59.3 Å².